The zero-order valence-corrected chi connectivity index (χ0v) is 26.0. The second-order valence-electron chi connectivity index (χ2n) is 12.0. The Kier molecular flexibility index (Phi) is 5.74. The third-order valence-corrected chi connectivity index (χ3v) is 10.5. The van der Waals surface area contributed by atoms with Crippen LogP contribution in [0.4, 0.5) is 0 Å². The second kappa shape index (κ2) is 10.3. The molecule has 0 atom stereocenters. The first-order chi connectivity index (χ1) is 23.3. The molecule has 1 aliphatic rings. The minimum Gasteiger partial charge on any atom is -0.208 e. The number of rotatable bonds is 4. The van der Waals surface area contributed by atoms with Crippen molar-refractivity contribution in [3.05, 3.63) is 152 Å². The van der Waals surface area contributed by atoms with Gasteiger partial charge in [-0.15, -0.1) is 11.3 Å². The summed E-state index contributed by atoms with van der Waals surface area (Å²) in [7, 11) is 0. The molecule has 0 aliphatic heterocycles. The van der Waals surface area contributed by atoms with Gasteiger partial charge in [0.15, 0.2) is 17.5 Å². The highest BCUT2D eigenvalue weighted by Crippen LogP contribution is 2.49. The molecule has 0 saturated heterocycles. The van der Waals surface area contributed by atoms with Gasteiger partial charge in [-0.05, 0) is 62.4 Å². The summed E-state index contributed by atoms with van der Waals surface area (Å²) in [6.07, 6.45) is 0. The van der Waals surface area contributed by atoms with Crippen LogP contribution in [0.2, 0.25) is 0 Å². The van der Waals surface area contributed by atoms with Crippen LogP contribution < -0.4 is 0 Å². The van der Waals surface area contributed by atoms with Crippen molar-refractivity contribution in [2.75, 3.05) is 0 Å². The van der Waals surface area contributed by atoms with E-state index >= 15 is 0 Å². The zero-order valence-electron chi connectivity index (χ0n) is 25.2. The van der Waals surface area contributed by atoms with Gasteiger partial charge in [0.25, 0.3) is 0 Å². The fraction of sp³-hybridized carbons (Fsp3) is 0. The van der Waals surface area contributed by atoms with Crippen LogP contribution in [0.1, 0.15) is 0 Å². The van der Waals surface area contributed by atoms with E-state index in [-0.39, 0.29) is 0 Å². The summed E-state index contributed by atoms with van der Waals surface area (Å²) < 4.78 is 2.48. The summed E-state index contributed by atoms with van der Waals surface area (Å²) >= 11 is 1.81. The van der Waals surface area contributed by atoms with Crippen LogP contribution in [0.5, 0.6) is 0 Å². The first-order valence-corrected chi connectivity index (χ1v) is 16.6. The highest BCUT2D eigenvalue weighted by molar-refractivity contribution is 7.25. The average Bonchev–Trinajstić information content (AvgIpc) is 3.69. The minimum atomic E-state index is 0.660. The smallest absolute Gasteiger partial charge is 0.164 e. The van der Waals surface area contributed by atoms with Crippen LogP contribution in [-0.2, 0) is 0 Å². The molecule has 0 N–H and O–H groups in total. The molecule has 0 bridgehead atoms. The lowest BCUT2D eigenvalue weighted by Gasteiger charge is -2.12. The fourth-order valence-electron chi connectivity index (χ4n) is 7.15. The zero-order chi connectivity index (χ0) is 30.9. The lowest BCUT2D eigenvalue weighted by molar-refractivity contribution is 1.08. The van der Waals surface area contributed by atoms with Crippen LogP contribution >= 0.6 is 11.3 Å². The second-order valence-corrected chi connectivity index (χ2v) is 13.0. The average molecular weight is 616 g/mol. The van der Waals surface area contributed by atoms with Gasteiger partial charge in [0, 0.05) is 36.9 Å². The Balaban J connectivity index is 1.22. The first kappa shape index (κ1) is 26.3. The number of benzene rings is 7. The molecule has 1 aliphatic carbocycles. The van der Waals surface area contributed by atoms with Crippen molar-refractivity contribution < 1.29 is 0 Å². The third-order valence-electron chi connectivity index (χ3n) is 9.32. The number of hydrogen-bond acceptors (Lipinski definition) is 4. The van der Waals surface area contributed by atoms with E-state index in [1.165, 1.54) is 53.4 Å². The molecular formula is C43H25N3S. The monoisotopic (exact) mass is 615 g/mol. The van der Waals surface area contributed by atoms with Gasteiger partial charge < -0.3 is 0 Å². The molecule has 0 fully saturated rings. The van der Waals surface area contributed by atoms with Gasteiger partial charge in [0.1, 0.15) is 0 Å². The number of hydrogen-bond donors (Lipinski definition) is 0. The van der Waals surface area contributed by atoms with Crippen molar-refractivity contribution in [1.82, 2.24) is 15.0 Å². The molecule has 0 radical (unpaired) electrons. The molecule has 10 rings (SSSR count). The topological polar surface area (TPSA) is 38.7 Å². The van der Waals surface area contributed by atoms with Crippen molar-refractivity contribution in [3.63, 3.8) is 0 Å². The van der Waals surface area contributed by atoms with Gasteiger partial charge in [-0.3, -0.25) is 0 Å². The summed E-state index contributed by atoms with van der Waals surface area (Å²) in [5.74, 6) is 2.01. The number of aromatic nitrogens is 3. The maximum atomic E-state index is 5.26. The standard InChI is InChI=1S/C43H25N3S/c1-2-10-26(11-3-1)27-20-22-28(23-21-27)41-44-42(34-25-24-33-30-13-5-4-12-29(30)31-15-8-16-32(34)39(31)33)46-43(45-41)36-17-9-19-38-40(36)35-14-6-7-18-37(35)47-38/h1-25H. The van der Waals surface area contributed by atoms with Crippen LogP contribution in [0.3, 0.4) is 0 Å². The van der Waals surface area contributed by atoms with Gasteiger partial charge in [0.2, 0.25) is 0 Å². The van der Waals surface area contributed by atoms with Crippen molar-refractivity contribution in [3.8, 4) is 67.5 Å². The van der Waals surface area contributed by atoms with Crippen molar-refractivity contribution in [2.24, 2.45) is 0 Å². The van der Waals surface area contributed by atoms with Crippen LogP contribution in [-0.4, -0.2) is 15.0 Å². The quantitative estimate of drug-likeness (QED) is 0.198. The summed E-state index contributed by atoms with van der Waals surface area (Å²) in [6, 6.07) is 53.7. The normalized spacial score (nSPS) is 11.8. The first-order valence-electron chi connectivity index (χ1n) is 15.8. The van der Waals surface area contributed by atoms with E-state index in [4.69, 9.17) is 15.0 Å². The maximum absolute atomic E-state index is 5.26. The number of thiophene rings is 1. The lowest BCUT2D eigenvalue weighted by Crippen LogP contribution is -2.01. The van der Waals surface area contributed by atoms with Crippen molar-refractivity contribution >= 4 is 42.3 Å². The van der Waals surface area contributed by atoms with E-state index in [2.05, 4.69) is 146 Å². The van der Waals surface area contributed by atoms with Gasteiger partial charge in [-0.25, -0.2) is 15.0 Å². The van der Waals surface area contributed by atoms with Gasteiger partial charge in [-0.1, -0.05) is 133 Å². The van der Waals surface area contributed by atoms with Crippen molar-refractivity contribution in [2.45, 2.75) is 0 Å². The molecular weight excluding hydrogens is 591 g/mol. The molecule has 0 unspecified atom stereocenters. The molecule has 9 aromatic rings. The highest BCUT2D eigenvalue weighted by Gasteiger charge is 2.24. The third kappa shape index (κ3) is 4.09. The summed E-state index contributed by atoms with van der Waals surface area (Å²) in [5.41, 5.74) is 10.4. The van der Waals surface area contributed by atoms with Crippen LogP contribution in [0.15, 0.2) is 152 Å². The van der Waals surface area contributed by atoms with Crippen LogP contribution in [0.25, 0.3) is 98.5 Å². The Morgan fingerprint density at radius 2 is 0.830 bits per heavy atom. The number of nitrogens with zero attached hydrogens (tertiary/aromatic N) is 3. The molecule has 47 heavy (non-hydrogen) atoms. The van der Waals surface area contributed by atoms with E-state index < -0.39 is 0 Å². The molecule has 7 aromatic carbocycles. The predicted octanol–water partition coefficient (Wildman–Crippen LogP) is 11.7. The van der Waals surface area contributed by atoms with Gasteiger partial charge in [0.05, 0.1) is 0 Å². The minimum absolute atomic E-state index is 0.660. The van der Waals surface area contributed by atoms with Crippen molar-refractivity contribution in [1.29, 1.82) is 0 Å². The Morgan fingerprint density at radius 1 is 0.298 bits per heavy atom. The molecule has 0 saturated carbocycles. The van der Waals surface area contributed by atoms with E-state index in [0.29, 0.717) is 17.5 Å². The van der Waals surface area contributed by atoms with Gasteiger partial charge in [-0.2, -0.15) is 0 Å². The summed E-state index contributed by atoms with van der Waals surface area (Å²) in [5, 5.41) is 4.82. The molecule has 0 spiro atoms. The Bertz CT molecular complexity index is 2640. The Morgan fingerprint density at radius 3 is 1.66 bits per heavy atom. The Hall–Kier alpha value is -5.97. The van der Waals surface area contributed by atoms with E-state index in [9.17, 15) is 0 Å². The maximum Gasteiger partial charge on any atom is 0.164 e. The van der Waals surface area contributed by atoms with Gasteiger partial charge >= 0.3 is 0 Å². The number of fused-ring (bicyclic) bond motifs is 6. The Labute approximate surface area is 275 Å². The summed E-state index contributed by atoms with van der Waals surface area (Å²) in [6.45, 7) is 0. The molecule has 3 nitrogen and oxygen atoms in total. The highest BCUT2D eigenvalue weighted by atomic mass is 32.1. The van der Waals surface area contributed by atoms with Crippen LogP contribution in [0, 0.1) is 0 Å². The molecule has 2 heterocycles. The summed E-state index contributed by atoms with van der Waals surface area (Å²) in [4.78, 5) is 15.6. The molecule has 4 heteroatoms. The van der Waals surface area contributed by atoms with E-state index in [1.807, 2.05) is 6.07 Å². The lowest BCUT2D eigenvalue weighted by atomic mass is 9.98. The molecule has 2 aromatic heterocycles. The SMILES string of the molecule is c1ccc(-c2ccc(-c3nc(-c4ccc5c6c(cccc46)-c4ccccc4-5)nc(-c4cccc5sc6ccccc6c45)n3)cc2)cc1. The molecule has 218 valence electrons. The van der Waals surface area contributed by atoms with E-state index in [1.54, 1.807) is 11.3 Å². The predicted molar refractivity (Wildman–Crippen MR) is 196 cm³/mol. The van der Waals surface area contributed by atoms with E-state index in [0.717, 1.165) is 27.6 Å². The largest absolute Gasteiger partial charge is 0.208 e. The molecule has 0 amide bonds. The fourth-order valence-corrected chi connectivity index (χ4v) is 8.28.